The summed E-state index contributed by atoms with van der Waals surface area (Å²) in [6.45, 7) is -0.124. The van der Waals surface area contributed by atoms with Crippen molar-refractivity contribution >= 4 is 35.0 Å². The Kier molecular flexibility index (Phi) is 6.59. The first-order valence-electron chi connectivity index (χ1n) is 8.77. The van der Waals surface area contributed by atoms with Gasteiger partial charge in [0.25, 0.3) is 0 Å². The van der Waals surface area contributed by atoms with Gasteiger partial charge in [0.15, 0.2) is 5.82 Å². The Balaban J connectivity index is 1.71. The lowest BCUT2D eigenvalue weighted by molar-refractivity contribution is -0.137. The Hall–Kier alpha value is -3.41. The first kappa shape index (κ1) is 22.3. The van der Waals surface area contributed by atoms with E-state index in [-0.39, 0.29) is 41.3 Å². The molecule has 8 nitrogen and oxygen atoms in total. The fraction of sp³-hybridized carbons (Fsp3) is 0.222. The summed E-state index contributed by atoms with van der Waals surface area (Å²) in [4.78, 5) is 19.6. The average molecular weight is 458 g/mol. The van der Waals surface area contributed by atoms with Crippen molar-refractivity contribution in [3.05, 3.63) is 58.8 Å². The smallest absolute Gasteiger partial charge is 0.365 e. The molecule has 0 saturated carbocycles. The molecule has 2 heterocycles. The van der Waals surface area contributed by atoms with Gasteiger partial charge >= 0.3 is 6.18 Å². The van der Waals surface area contributed by atoms with E-state index in [0.29, 0.717) is 11.8 Å². The predicted molar refractivity (Wildman–Crippen MR) is 105 cm³/mol. The number of anilines is 3. The number of nitrogens with zero attached hydrogens (tertiary/aromatic N) is 4. The number of aromatic nitrogens is 4. The van der Waals surface area contributed by atoms with E-state index >= 15 is 0 Å². The fourth-order valence-corrected chi connectivity index (χ4v) is 2.68. The van der Waals surface area contributed by atoms with Gasteiger partial charge in [0.05, 0.1) is 23.6 Å². The van der Waals surface area contributed by atoms with E-state index in [1.54, 1.807) is 6.20 Å². The van der Waals surface area contributed by atoms with Crippen molar-refractivity contribution in [2.45, 2.75) is 19.3 Å². The van der Waals surface area contributed by atoms with E-state index in [1.807, 2.05) is 0 Å². The van der Waals surface area contributed by atoms with Crippen LogP contribution in [-0.2, 0) is 24.1 Å². The molecule has 1 aromatic carbocycles. The summed E-state index contributed by atoms with van der Waals surface area (Å²) in [7, 11) is 1.51. The van der Waals surface area contributed by atoms with Crippen LogP contribution in [0.2, 0.25) is 5.02 Å². The molecule has 0 spiro atoms. The van der Waals surface area contributed by atoms with Crippen LogP contribution in [0.25, 0.3) is 0 Å². The second-order valence-electron chi connectivity index (χ2n) is 6.31. The number of nitrogens with one attached hydrogen (secondary N) is 3. The fourth-order valence-electron chi connectivity index (χ4n) is 2.52. The molecule has 0 saturated heterocycles. The minimum atomic E-state index is -4.66. The number of hydrogen-bond acceptors (Lipinski definition) is 6. The molecule has 0 aliphatic rings. The average Bonchev–Trinajstić information content (AvgIpc) is 3.13. The maximum absolute atomic E-state index is 13.6. The van der Waals surface area contributed by atoms with E-state index < -0.39 is 17.6 Å². The van der Waals surface area contributed by atoms with Crippen LogP contribution in [0.4, 0.5) is 35.0 Å². The van der Waals surface area contributed by atoms with Gasteiger partial charge in [-0.15, -0.1) is 0 Å². The first-order valence-corrected chi connectivity index (χ1v) is 9.15. The molecule has 31 heavy (non-hydrogen) atoms. The van der Waals surface area contributed by atoms with Crippen LogP contribution in [0.5, 0.6) is 0 Å². The minimum Gasteiger partial charge on any atom is -0.365 e. The molecule has 2 aromatic heterocycles. The van der Waals surface area contributed by atoms with Gasteiger partial charge < -0.3 is 16.0 Å². The Labute approximate surface area is 178 Å². The lowest BCUT2D eigenvalue weighted by Gasteiger charge is -2.12. The molecule has 164 valence electrons. The Morgan fingerprint density at radius 3 is 2.71 bits per heavy atom. The normalized spacial score (nSPS) is 11.3. The van der Waals surface area contributed by atoms with E-state index in [4.69, 9.17) is 11.6 Å². The van der Waals surface area contributed by atoms with Gasteiger partial charge in [0, 0.05) is 19.8 Å². The summed E-state index contributed by atoms with van der Waals surface area (Å²) >= 11 is 6.05. The molecule has 3 aromatic rings. The third kappa shape index (κ3) is 6.04. The summed E-state index contributed by atoms with van der Waals surface area (Å²) < 4.78 is 53.5. The Morgan fingerprint density at radius 2 is 2.00 bits per heavy atom. The van der Waals surface area contributed by atoms with Gasteiger partial charge in [0.1, 0.15) is 17.4 Å². The standard InChI is InChI=1S/C18H16ClF4N7O/c1-24-15(31)9-30-8-13(6-27-30)28-17-26-7-14(19)16(29-17)25-5-10-2-11(18(21,22)23)4-12(20)3-10/h2-4,6-8H,5,9H2,1H3,(H,24,31)(H2,25,26,28,29). The number of halogens is 5. The molecule has 0 atom stereocenters. The van der Waals surface area contributed by atoms with Crippen LogP contribution in [0, 0.1) is 5.82 Å². The van der Waals surface area contributed by atoms with Crippen molar-refractivity contribution in [2.75, 3.05) is 17.7 Å². The van der Waals surface area contributed by atoms with Crippen LogP contribution in [-0.4, -0.2) is 32.7 Å². The molecule has 0 bridgehead atoms. The van der Waals surface area contributed by atoms with Crippen molar-refractivity contribution < 1.29 is 22.4 Å². The van der Waals surface area contributed by atoms with E-state index in [2.05, 4.69) is 31.0 Å². The van der Waals surface area contributed by atoms with Gasteiger partial charge in [-0.05, 0) is 23.8 Å². The number of hydrogen-bond donors (Lipinski definition) is 3. The number of amides is 1. The molecule has 0 unspecified atom stereocenters. The van der Waals surface area contributed by atoms with Crippen molar-refractivity contribution in [1.82, 2.24) is 25.1 Å². The van der Waals surface area contributed by atoms with Crippen LogP contribution in [0.15, 0.2) is 36.8 Å². The highest BCUT2D eigenvalue weighted by Gasteiger charge is 2.31. The molecule has 13 heteroatoms. The van der Waals surface area contributed by atoms with E-state index in [0.717, 1.165) is 12.1 Å². The van der Waals surface area contributed by atoms with Crippen molar-refractivity contribution in [3.8, 4) is 0 Å². The number of benzene rings is 1. The third-order valence-electron chi connectivity index (χ3n) is 3.96. The second-order valence-corrected chi connectivity index (χ2v) is 6.72. The molecule has 0 fully saturated rings. The summed E-state index contributed by atoms with van der Waals surface area (Å²) in [5.41, 5.74) is -0.529. The van der Waals surface area contributed by atoms with Crippen LogP contribution >= 0.6 is 11.6 Å². The monoisotopic (exact) mass is 457 g/mol. The number of carbonyl (C=O) groups is 1. The molecular weight excluding hydrogens is 442 g/mol. The minimum absolute atomic E-state index is 0.0278. The van der Waals surface area contributed by atoms with Crippen LogP contribution in [0.1, 0.15) is 11.1 Å². The van der Waals surface area contributed by atoms with Crippen LogP contribution in [0.3, 0.4) is 0 Å². The van der Waals surface area contributed by atoms with E-state index in [9.17, 15) is 22.4 Å². The molecular formula is C18H16ClF4N7O. The number of likely N-dealkylation sites (N-methyl/N-ethyl adjacent to an activating group) is 1. The highest BCUT2D eigenvalue weighted by molar-refractivity contribution is 6.32. The first-order chi connectivity index (χ1) is 14.6. The topological polar surface area (TPSA) is 96.8 Å². The highest BCUT2D eigenvalue weighted by Crippen LogP contribution is 2.31. The third-order valence-corrected chi connectivity index (χ3v) is 4.24. The zero-order chi connectivity index (χ0) is 22.6. The van der Waals surface area contributed by atoms with Gasteiger partial charge in [-0.3, -0.25) is 9.48 Å². The maximum Gasteiger partial charge on any atom is 0.416 e. The largest absolute Gasteiger partial charge is 0.416 e. The lowest BCUT2D eigenvalue weighted by Crippen LogP contribution is -2.23. The number of carbonyl (C=O) groups excluding carboxylic acids is 1. The van der Waals surface area contributed by atoms with Gasteiger partial charge in [-0.25, -0.2) is 9.37 Å². The van der Waals surface area contributed by atoms with Gasteiger partial charge in [-0.2, -0.15) is 23.3 Å². The molecule has 0 aliphatic carbocycles. The predicted octanol–water partition coefficient (Wildman–Crippen LogP) is 3.59. The zero-order valence-corrected chi connectivity index (χ0v) is 16.7. The number of rotatable bonds is 7. The molecule has 1 amide bonds. The zero-order valence-electron chi connectivity index (χ0n) is 16.0. The van der Waals surface area contributed by atoms with E-state index in [1.165, 1.54) is 24.1 Å². The summed E-state index contributed by atoms with van der Waals surface area (Å²) in [6.07, 6.45) is -0.352. The quantitative estimate of drug-likeness (QED) is 0.469. The van der Waals surface area contributed by atoms with Crippen molar-refractivity contribution in [2.24, 2.45) is 0 Å². The van der Waals surface area contributed by atoms with Crippen LogP contribution < -0.4 is 16.0 Å². The lowest BCUT2D eigenvalue weighted by atomic mass is 10.1. The van der Waals surface area contributed by atoms with Gasteiger partial charge in [-0.1, -0.05) is 11.6 Å². The van der Waals surface area contributed by atoms with Crippen molar-refractivity contribution in [3.63, 3.8) is 0 Å². The molecule has 0 aliphatic heterocycles. The molecule has 3 rings (SSSR count). The Morgan fingerprint density at radius 1 is 1.23 bits per heavy atom. The number of alkyl halides is 3. The summed E-state index contributed by atoms with van der Waals surface area (Å²) in [5.74, 6) is -0.970. The summed E-state index contributed by atoms with van der Waals surface area (Å²) in [5, 5.41) is 12.3. The molecule has 0 radical (unpaired) electrons. The van der Waals surface area contributed by atoms with Crippen molar-refractivity contribution in [1.29, 1.82) is 0 Å². The van der Waals surface area contributed by atoms with Gasteiger partial charge in [0.2, 0.25) is 11.9 Å². The molecule has 3 N–H and O–H groups in total. The second kappa shape index (κ2) is 9.16. The summed E-state index contributed by atoms with van der Waals surface area (Å²) in [6, 6.07) is 2.25. The highest BCUT2D eigenvalue weighted by atomic mass is 35.5. The Bertz CT molecular complexity index is 1090. The maximum atomic E-state index is 13.6. The SMILES string of the molecule is CNC(=O)Cn1cc(Nc2ncc(Cl)c(NCc3cc(F)cc(C(F)(F)F)c3)n2)cn1.